The first-order valence-electron chi connectivity index (χ1n) is 7.14. The van der Waals surface area contributed by atoms with E-state index >= 15 is 0 Å². The lowest BCUT2D eigenvalue weighted by molar-refractivity contribution is -0.113. The molecule has 0 saturated carbocycles. The van der Waals surface area contributed by atoms with Crippen molar-refractivity contribution < 1.29 is 14.0 Å². The van der Waals surface area contributed by atoms with Crippen LogP contribution in [-0.2, 0) is 4.79 Å². The van der Waals surface area contributed by atoms with Crippen molar-refractivity contribution in [3.05, 3.63) is 53.3 Å². The third-order valence-electron chi connectivity index (χ3n) is 3.23. The molecule has 3 rings (SSSR count). The highest BCUT2D eigenvalue weighted by molar-refractivity contribution is 7.99. The van der Waals surface area contributed by atoms with Gasteiger partial charge in [-0.15, -0.1) is 11.3 Å². The van der Waals surface area contributed by atoms with Crippen LogP contribution in [0.4, 0.5) is 9.39 Å². The predicted molar refractivity (Wildman–Crippen MR) is 96.2 cm³/mol. The van der Waals surface area contributed by atoms with E-state index in [-0.39, 0.29) is 17.5 Å². The lowest BCUT2D eigenvalue weighted by Crippen LogP contribution is -2.17. The van der Waals surface area contributed by atoms with Gasteiger partial charge in [0.2, 0.25) is 5.91 Å². The average Bonchev–Trinajstić information content (AvgIpc) is 3.23. The minimum atomic E-state index is -0.584. The van der Waals surface area contributed by atoms with Crippen LogP contribution in [0.2, 0.25) is 0 Å². The Morgan fingerprint density at radius 1 is 1.28 bits per heavy atom. The molecule has 2 aromatic heterocycles. The van der Waals surface area contributed by atoms with Crippen LogP contribution in [0.3, 0.4) is 0 Å². The molecule has 6 nitrogen and oxygen atoms in total. The number of thioether (sulfide) groups is 1. The molecule has 25 heavy (non-hydrogen) atoms. The molecule has 0 aliphatic rings. The van der Waals surface area contributed by atoms with Gasteiger partial charge in [-0.2, -0.15) is 0 Å². The van der Waals surface area contributed by atoms with E-state index in [0.29, 0.717) is 15.7 Å². The van der Waals surface area contributed by atoms with Gasteiger partial charge in [-0.3, -0.25) is 9.59 Å². The molecule has 1 aromatic carbocycles. The predicted octanol–water partition coefficient (Wildman–Crippen LogP) is 3.11. The molecular formula is C16H13FN4O2S2. The summed E-state index contributed by atoms with van der Waals surface area (Å²) in [6, 6.07) is 7.59. The number of amides is 2. The molecule has 2 heterocycles. The number of carbonyl (C=O) groups is 2. The first-order chi connectivity index (χ1) is 12.0. The molecule has 0 saturated heterocycles. The molecule has 9 heteroatoms. The number of aromatic amines is 1. The molecule has 0 unspecified atom stereocenters. The number of H-pyrrole nitrogens is 1. The number of hydrogen-bond acceptors (Lipinski definition) is 5. The van der Waals surface area contributed by atoms with E-state index in [2.05, 4.69) is 15.3 Å². The molecule has 0 atom stereocenters. The topological polar surface area (TPSA) is 101 Å². The summed E-state index contributed by atoms with van der Waals surface area (Å²) < 4.78 is 12.9. The summed E-state index contributed by atoms with van der Waals surface area (Å²) in [4.78, 5) is 30.5. The zero-order valence-electron chi connectivity index (χ0n) is 12.8. The Bertz CT molecular complexity index is 905. The number of primary amides is 1. The van der Waals surface area contributed by atoms with Crippen molar-refractivity contribution in [2.45, 2.75) is 5.16 Å². The number of anilines is 1. The van der Waals surface area contributed by atoms with Crippen molar-refractivity contribution in [2.75, 3.05) is 11.1 Å². The molecule has 128 valence electrons. The minimum absolute atomic E-state index is 0.118. The van der Waals surface area contributed by atoms with Crippen molar-refractivity contribution in [2.24, 2.45) is 5.73 Å². The van der Waals surface area contributed by atoms with Crippen LogP contribution < -0.4 is 11.1 Å². The van der Waals surface area contributed by atoms with Crippen molar-refractivity contribution in [3.8, 4) is 11.3 Å². The van der Waals surface area contributed by atoms with Gasteiger partial charge in [-0.25, -0.2) is 9.37 Å². The Morgan fingerprint density at radius 2 is 2.04 bits per heavy atom. The van der Waals surface area contributed by atoms with Crippen LogP contribution in [-0.4, -0.2) is 27.5 Å². The standard InChI is InChI=1S/C16H13FN4O2S2/c17-10-3-1-9(2-4-10)12-7-19-16(20-12)25-8-13(22)21-15-11(14(18)23)5-6-24-15/h1-7H,8H2,(H2,18,23)(H,19,20)(H,21,22). The van der Waals surface area contributed by atoms with Gasteiger partial charge in [0.25, 0.3) is 5.91 Å². The summed E-state index contributed by atoms with van der Waals surface area (Å²) in [5.41, 5.74) is 7.07. The Kier molecular flexibility index (Phi) is 5.15. The Labute approximate surface area is 150 Å². The lowest BCUT2D eigenvalue weighted by Gasteiger charge is -2.03. The first kappa shape index (κ1) is 17.2. The lowest BCUT2D eigenvalue weighted by atomic mass is 10.2. The zero-order valence-corrected chi connectivity index (χ0v) is 14.4. The van der Waals surface area contributed by atoms with Crippen LogP contribution in [0.15, 0.2) is 47.1 Å². The number of thiophene rings is 1. The van der Waals surface area contributed by atoms with E-state index in [0.717, 1.165) is 11.3 Å². The van der Waals surface area contributed by atoms with Crippen molar-refractivity contribution >= 4 is 39.9 Å². The number of rotatable bonds is 6. The second-order valence-electron chi connectivity index (χ2n) is 4.97. The molecule has 4 N–H and O–H groups in total. The number of carbonyl (C=O) groups excluding carboxylic acids is 2. The maximum Gasteiger partial charge on any atom is 0.251 e. The van der Waals surface area contributed by atoms with Gasteiger partial charge in [0, 0.05) is 0 Å². The molecule has 2 amide bonds. The summed E-state index contributed by atoms with van der Waals surface area (Å²) in [7, 11) is 0. The largest absolute Gasteiger partial charge is 0.366 e. The number of imidazole rings is 1. The van der Waals surface area contributed by atoms with Crippen LogP contribution in [0.25, 0.3) is 11.3 Å². The third kappa shape index (κ3) is 4.25. The van der Waals surface area contributed by atoms with E-state index in [1.807, 2.05) is 0 Å². The van der Waals surface area contributed by atoms with Gasteiger partial charge >= 0.3 is 0 Å². The van der Waals surface area contributed by atoms with Gasteiger partial charge in [-0.05, 0) is 41.3 Å². The van der Waals surface area contributed by atoms with E-state index < -0.39 is 5.91 Å². The van der Waals surface area contributed by atoms with Crippen LogP contribution in [0, 0.1) is 5.82 Å². The number of nitrogens with one attached hydrogen (secondary N) is 2. The first-order valence-corrected chi connectivity index (χ1v) is 9.00. The fourth-order valence-electron chi connectivity index (χ4n) is 2.05. The third-order valence-corrected chi connectivity index (χ3v) is 4.95. The van der Waals surface area contributed by atoms with E-state index in [1.165, 1.54) is 35.2 Å². The second-order valence-corrected chi connectivity index (χ2v) is 6.85. The Morgan fingerprint density at radius 3 is 2.76 bits per heavy atom. The molecule has 0 fully saturated rings. The molecule has 3 aromatic rings. The van der Waals surface area contributed by atoms with Gasteiger partial charge < -0.3 is 16.0 Å². The maximum absolute atomic E-state index is 12.9. The second kappa shape index (κ2) is 7.49. The smallest absolute Gasteiger partial charge is 0.251 e. The molecular weight excluding hydrogens is 363 g/mol. The Hall–Kier alpha value is -2.65. The summed E-state index contributed by atoms with van der Waals surface area (Å²) in [6.45, 7) is 0. The van der Waals surface area contributed by atoms with Crippen molar-refractivity contribution in [1.29, 1.82) is 0 Å². The maximum atomic E-state index is 12.9. The van der Waals surface area contributed by atoms with Gasteiger partial charge in [-0.1, -0.05) is 11.8 Å². The van der Waals surface area contributed by atoms with Crippen LogP contribution >= 0.6 is 23.1 Å². The number of halogens is 1. The fraction of sp³-hybridized carbons (Fsp3) is 0.0625. The van der Waals surface area contributed by atoms with E-state index in [9.17, 15) is 14.0 Å². The van der Waals surface area contributed by atoms with Crippen LogP contribution in [0.1, 0.15) is 10.4 Å². The van der Waals surface area contributed by atoms with Crippen molar-refractivity contribution in [1.82, 2.24) is 9.97 Å². The Balaban J connectivity index is 1.58. The minimum Gasteiger partial charge on any atom is -0.366 e. The fourth-order valence-corrected chi connectivity index (χ4v) is 3.51. The van der Waals surface area contributed by atoms with Crippen LogP contribution in [0.5, 0.6) is 0 Å². The van der Waals surface area contributed by atoms with E-state index in [1.54, 1.807) is 29.8 Å². The highest BCUT2D eigenvalue weighted by Gasteiger charge is 2.13. The molecule has 0 aliphatic heterocycles. The van der Waals surface area contributed by atoms with Crippen molar-refractivity contribution in [3.63, 3.8) is 0 Å². The molecule has 0 bridgehead atoms. The van der Waals surface area contributed by atoms with Gasteiger partial charge in [0.15, 0.2) is 5.16 Å². The monoisotopic (exact) mass is 376 g/mol. The highest BCUT2D eigenvalue weighted by atomic mass is 32.2. The summed E-state index contributed by atoms with van der Waals surface area (Å²) in [6.07, 6.45) is 1.62. The quantitative estimate of drug-likeness (QED) is 0.575. The number of benzene rings is 1. The zero-order chi connectivity index (χ0) is 17.8. The molecule has 0 aliphatic carbocycles. The van der Waals surface area contributed by atoms with Gasteiger partial charge in [0.05, 0.1) is 23.2 Å². The summed E-state index contributed by atoms with van der Waals surface area (Å²) >= 11 is 2.45. The summed E-state index contributed by atoms with van der Waals surface area (Å²) in [5, 5.41) is 5.35. The van der Waals surface area contributed by atoms with E-state index in [4.69, 9.17) is 5.73 Å². The number of aromatic nitrogens is 2. The average molecular weight is 376 g/mol. The number of hydrogen-bond donors (Lipinski definition) is 3. The highest BCUT2D eigenvalue weighted by Crippen LogP contribution is 2.24. The SMILES string of the molecule is NC(=O)c1ccsc1NC(=O)CSc1ncc(-c2ccc(F)cc2)[nH]1. The summed E-state index contributed by atoms with van der Waals surface area (Å²) in [5.74, 6) is -1.04. The number of nitrogens with two attached hydrogens (primary N) is 1. The molecule has 0 spiro atoms. The van der Waals surface area contributed by atoms with Gasteiger partial charge in [0.1, 0.15) is 10.8 Å². The number of nitrogens with zero attached hydrogens (tertiary/aromatic N) is 1. The normalized spacial score (nSPS) is 10.6. The molecule has 0 radical (unpaired) electrons.